The number of nitrogens with zero attached hydrogens (tertiary/aromatic N) is 1. The molecule has 0 saturated heterocycles. The summed E-state index contributed by atoms with van der Waals surface area (Å²) in [7, 11) is 1.57. The van der Waals surface area contributed by atoms with E-state index in [9.17, 15) is 0 Å². The van der Waals surface area contributed by atoms with Crippen LogP contribution in [-0.2, 0) is 0 Å². The molecule has 0 atom stereocenters. The molecule has 0 heterocycles. The van der Waals surface area contributed by atoms with Gasteiger partial charge in [-0.3, -0.25) is 0 Å². The first kappa shape index (κ1) is 12.8. The Morgan fingerprint density at radius 3 is 2.75 bits per heavy atom. The lowest BCUT2D eigenvalue weighted by Crippen LogP contribution is -1.99. The minimum absolute atomic E-state index is 0.617. The number of halogens is 1. The van der Waals surface area contributed by atoms with Crippen molar-refractivity contribution in [2.24, 2.45) is 5.16 Å². The molecule has 0 spiro atoms. The highest BCUT2D eigenvalue weighted by Gasteiger charge is 2.08. The summed E-state index contributed by atoms with van der Waals surface area (Å²) >= 11 is 3.37. The van der Waals surface area contributed by atoms with Gasteiger partial charge < -0.3 is 14.7 Å². The van der Waals surface area contributed by atoms with Crippen LogP contribution < -0.4 is 9.47 Å². The summed E-state index contributed by atoms with van der Waals surface area (Å²) in [5, 5.41) is 11.5. The third-order valence-corrected chi connectivity index (χ3v) is 2.63. The van der Waals surface area contributed by atoms with Gasteiger partial charge in [0.15, 0.2) is 11.5 Å². The van der Waals surface area contributed by atoms with E-state index in [4.69, 9.17) is 14.7 Å². The summed E-state index contributed by atoms with van der Waals surface area (Å²) in [4.78, 5) is 0. The lowest BCUT2D eigenvalue weighted by molar-refractivity contribution is 0.294. The van der Waals surface area contributed by atoms with Crippen molar-refractivity contribution in [3.05, 3.63) is 22.2 Å². The van der Waals surface area contributed by atoms with Gasteiger partial charge in [0.1, 0.15) is 0 Å². The molecule has 0 aromatic heterocycles. The van der Waals surface area contributed by atoms with Gasteiger partial charge >= 0.3 is 0 Å². The lowest BCUT2D eigenvalue weighted by Gasteiger charge is -2.11. The average molecular weight is 288 g/mol. The smallest absolute Gasteiger partial charge is 0.162 e. The molecule has 0 aliphatic carbocycles. The zero-order valence-corrected chi connectivity index (χ0v) is 10.8. The van der Waals surface area contributed by atoms with E-state index >= 15 is 0 Å². The van der Waals surface area contributed by atoms with E-state index in [1.165, 1.54) is 6.21 Å². The first-order valence-electron chi connectivity index (χ1n) is 4.90. The lowest BCUT2D eigenvalue weighted by atomic mass is 10.2. The summed E-state index contributed by atoms with van der Waals surface area (Å²) in [5.74, 6) is 1.29. The minimum atomic E-state index is 0.617. The zero-order chi connectivity index (χ0) is 12.0. The van der Waals surface area contributed by atoms with Gasteiger partial charge in [-0.05, 0) is 34.5 Å². The summed E-state index contributed by atoms with van der Waals surface area (Å²) < 4.78 is 11.5. The maximum absolute atomic E-state index is 8.50. The number of hydrogen-bond donors (Lipinski definition) is 1. The summed E-state index contributed by atoms with van der Waals surface area (Å²) in [6.07, 6.45) is 2.26. The van der Waals surface area contributed by atoms with Gasteiger partial charge in [-0.15, -0.1) is 0 Å². The van der Waals surface area contributed by atoms with E-state index in [-0.39, 0.29) is 0 Å². The molecule has 1 N–H and O–H groups in total. The van der Waals surface area contributed by atoms with Crippen LogP contribution in [0.1, 0.15) is 18.9 Å². The molecule has 1 rings (SSSR count). The molecule has 0 aliphatic heterocycles. The van der Waals surface area contributed by atoms with Crippen molar-refractivity contribution >= 4 is 22.1 Å². The Hall–Kier alpha value is -1.23. The molecule has 1 aromatic carbocycles. The number of hydrogen-bond acceptors (Lipinski definition) is 4. The molecule has 0 saturated carbocycles. The third kappa shape index (κ3) is 3.13. The average Bonchev–Trinajstić information content (AvgIpc) is 2.29. The first-order chi connectivity index (χ1) is 7.72. The Balaban J connectivity index is 3.05. The fourth-order valence-corrected chi connectivity index (χ4v) is 1.62. The summed E-state index contributed by atoms with van der Waals surface area (Å²) in [6.45, 7) is 2.67. The van der Waals surface area contributed by atoms with E-state index in [2.05, 4.69) is 21.1 Å². The molecular formula is C11H14BrNO3. The fourth-order valence-electron chi connectivity index (χ4n) is 1.20. The predicted molar refractivity (Wildman–Crippen MR) is 65.9 cm³/mol. The number of rotatable bonds is 5. The first-order valence-corrected chi connectivity index (χ1v) is 5.70. The van der Waals surface area contributed by atoms with Gasteiger partial charge in [-0.2, -0.15) is 0 Å². The Morgan fingerprint density at radius 2 is 2.19 bits per heavy atom. The Bertz CT molecular complexity index is 380. The number of benzene rings is 1. The summed E-state index contributed by atoms with van der Waals surface area (Å²) in [6, 6.07) is 3.54. The Kier molecular flexibility index (Phi) is 5.11. The van der Waals surface area contributed by atoms with E-state index in [0.717, 1.165) is 16.5 Å². The van der Waals surface area contributed by atoms with Crippen LogP contribution >= 0.6 is 15.9 Å². The molecule has 5 heteroatoms. The van der Waals surface area contributed by atoms with Crippen LogP contribution in [0.4, 0.5) is 0 Å². The van der Waals surface area contributed by atoms with Crippen LogP contribution in [-0.4, -0.2) is 25.1 Å². The molecule has 0 bridgehead atoms. The molecule has 0 aliphatic rings. The molecule has 0 unspecified atom stereocenters. The van der Waals surface area contributed by atoms with Crippen molar-refractivity contribution in [2.75, 3.05) is 13.7 Å². The molecular weight excluding hydrogens is 274 g/mol. The standard InChI is InChI=1S/C11H14BrNO3/c1-3-4-16-11-6-9(12)8(7-13-14)5-10(11)15-2/h5-7,14H,3-4H2,1-2H3. The predicted octanol–water partition coefficient (Wildman–Crippen LogP) is 3.05. The number of ether oxygens (including phenoxy) is 2. The van der Waals surface area contributed by atoms with Crippen molar-refractivity contribution in [3.63, 3.8) is 0 Å². The quantitative estimate of drug-likeness (QED) is 0.514. The van der Waals surface area contributed by atoms with E-state index < -0.39 is 0 Å². The molecule has 1 aromatic rings. The van der Waals surface area contributed by atoms with Gasteiger partial charge in [-0.25, -0.2) is 0 Å². The zero-order valence-electron chi connectivity index (χ0n) is 9.24. The fraction of sp³-hybridized carbons (Fsp3) is 0.364. The molecule has 0 radical (unpaired) electrons. The molecule has 16 heavy (non-hydrogen) atoms. The van der Waals surface area contributed by atoms with E-state index in [1.807, 2.05) is 6.92 Å². The molecule has 0 fully saturated rings. The topological polar surface area (TPSA) is 51.0 Å². The van der Waals surface area contributed by atoms with Crippen molar-refractivity contribution in [1.29, 1.82) is 0 Å². The highest BCUT2D eigenvalue weighted by molar-refractivity contribution is 9.10. The maximum atomic E-state index is 8.50. The molecule has 0 amide bonds. The van der Waals surface area contributed by atoms with Crippen LogP contribution in [0.2, 0.25) is 0 Å². The second-order valence-corrected chi connectivity index (χ2v) is 3.97. The monoisotopic (exact) mass is 287 g/mol. The van der Waals surface area contributed by atoms with Gasteiger partial charge in [0.25, 0.3) is 0 Å². The number of methoxy groups -OCH3 is 1. The second-order valence-electron chi connectivity index (χ2n) is 3.12. The highest BCUT2D eigenvalue weighted by atomic mass is 79.9. The minimum Gasteiger partial charge on any atom is -0.493 e. The van der Waals surface area contributed by atoms with Crippen LogP contribution in [0, 0.1) is 0 Å². The molecule has 88 valence electrons. The van der Waals surface area contributed by atoms with Crippen LogP contribution in [0.15, 0.2) is 21.8 Å². The highest BCUT2D eigenvalue weighted by Crippen LogP contribution is 2.32. The van der Waals surface area contributed by atoms with Crippen LogP contribution in [0.5, 0.6) is 11.5 Å². The normalized spacial score (nSPS) is 10.7. The second kappa shape index (κ2) is 6.37. The van der Waals surface area contributed by atoms with Gasteiger partial charge in [0.05, 0.1) is 19.9 Å². The van der Waals surface area contributed by atoms with Gasteiger partial charge in [0, 0.05) is 10.0 Å². The van der Waals surface area contributed by atoms with Crippen LogP contribution in [0.3, 0.4) is 0 Å². The van der Waals surface area contributed by atoms with Crippen molar-refractivity contribution in [2.45, 2.75) is 13.3 Å². The van der Waals surface area contributed by atoms with Gasteiger partial charge in [0.2, 0.25) is 0 Å². The van der Waals surface area contributed by atoms with Crippen molar-refractivity contribution < 1.29 is 14.7 Å². The van der Waals surface area contributed by atoms with E-state index in [1.54, 1.807) is 19.2 Å². The molecule has 4 nitrogen and oxygen atoms in total. The Morgan fingerprint density at radius 1 is 1.44 bits per heavy atom. The largest absolute Gasteiger partial charge is 0.493 e. The third-order valence-electron chi connectivity index (χ3n) is 1.94. The van der Waals surface area contributed by atoms with Crippen molar-refractivity contribution in [3.8, 4) is 11.5 Å². The van der Waals surface area contributed by atoms with Gasteiger partial charge in [-0.1, -0.05) is 12.1 Å². The van der Waals surface area contributed by atoms with E-state index in [0.29, 0.717) is 18.1 Å². The van der Waals surface area contributed by atoms with Crippen LogP contribution in [0.25, 0.3) is 0 Å². The summed E-state index contributed by atoms with van der Waals surface area (Å²) in [5.41, 5.74) is 0.725. The van der Waals surface area contributed by atoms with Crippen molar-refractivity contribution in [1.82, 2.24) is 0 Å². The SMILES string of the molecule is CCCOc1cc(Br)c(C=NO)cc1OC. The maximum Gasteiger partial charge on any atom is 0.162 e. The Labute approximate surface area is 103 Å². The number of oxime groups is 1.